The molecule has 3 rings (SSSR count). The van der Waals surface area contributed by atoms with Gasteiger partial charge in [-0.05, 0) is 70.0 Å². The van der Waals surface area contributed by atoms with Crippen LogP contribution in [0.15, 0.2) is 52.4 Å². The van der Waals surface area contributed by atoms with E-state index < -0.39 is 11.6 Å². The fourth-order valence-corrected chi connectivity index (χ4v) is 4.11. The predicted molar refractivity (Wildman–Crippen MR) is 144 cm³/mol. The molecule has 0 N–H and O–H groups in total. The molecular weight excluding hydrogens is 509 g/mol. The van der Waals surface area contributed by atoms with Gasteiger partial charge in [-0.3, -0.25) is 14.4 Å². The lowest BCUT2D eigenvalue weighted by atomic mass is 10.2. The molecule has 0 saturated carbocycles. The highest BCUT2D eigenvalue weighted by molar-refractivity contribution is 6.36. The number of imidazole rings is 1. The number of amidine groups is 1. The highest BCUT2D eigenvalue weighted by atomic mass is 35.5. The van der Waals surface area contributed by atoms with Crippen molar-refractivity contribution >= 4 is 59.1 Å². The van der Waals surface area contributed by atoms with Crippen molar-refractivity contribution in [3.05, 3.63) is 63.2 Å². The minimum absolute atomic E-state index is 0.0363. The second kappa shape index (κ2) is 10.8. The summed E-state index contributed by atoms with van der Waals surface area (Å²) in [6.45, 7) is 9.18. The van der Waals surface area contributed by atoms with Crippen LogP contribution in [0.25, 0.3) is 17.1 Å². The van der Waals surface area contributed by atoms with E-state index in [1.165, 1.54) is 0 Å². The average Bonchev–Trinajstić information content (AvgIpc) is 3.12. The maximum absolute atomic E-state index is 12.5. The average molecular weight is 535 g/mol. The molecule has 0 aliphatic carbocycles. The SMILES string of the molecule is C=Nc1c(C(=NC)N(C)CC(=O)OC(C)(C)C)nc(-c2ccc(Cl)cc2Cl)n1-c1ccc(Cl)cc1. The molecule has 3 aromatic rings. The first-order valence-electron chi connectivity index (χ1n) is 10.7. The maximum Gasteiger partial charge on any atom is 0.326 e. The second-order valence-electron chi connectivity index (χ2n) is 8.69. The van der Waals surface area contributed by atoms with Crippen LogP contribution in [0.4, 0.5) is 5.82 Å². The predicted octanol–water partition coefficient (Wildman–Crippen LogP) is 6.48. The summed E-state index contributed by atoms with van der Waals surface area (Å²) in [5, 5.41) is 1.50. The number of aliphatic imine (C=N–C) groups is 2. The third-order valence-electron chi connectivity index (χ3n) is 4.83. The molecule has 2 aromatic carbocycles. The number of esters is 1. The molecule has 0 bridgehead atoms. The van der Waals surface area contributed by atoms with E-state index in [9.17, 15) is 4.79 Å². The number of benzene rings is 2. The Morgan fingerprint density at radius 2 is 1.74 bits per heavy atom. The van der Waals surface area contributed by atoms with Crippen molar-refractivity contribution in [1.82, 2.24) is 14.5 Å². The number of nitrogens with zero attached hydrogens (tertiary/aromatic N) is 5. The number of carbonyl (C=O) groups is 1. The molecule has 0 spiro atoms. The van der Waals surface area contributed by atoms with Gasteiger partial charge in [0.1, 0.15) is 18.0 Å². The molecule has 0 radical (unpaired) electrons. The highest BCUT2D eigenvalue weighted by Crippen LogP contribution is 2.37. The lowest BCUT2D eigenvalue weighted by Gasteiger charge is -2.24. The highest BCUT2D eigenvalue weighted by Gasteiger charge is 2.27. The van der Waals surface area contributed by atoms with Crippen LogP contribution < -0.4 is 0 Å². The van der Waals surface area contributed by atoms with Gasteiger partial charge >= 0.3 is 5.97 Å². The Morgan fingerprint density at radius 1 is 1.11 bits per heavy atom. The third-order valence-corrected chi connectivity index (χ3v) is 5.63. The largest absolute Gasteiger partial charge is 0.459 e. The zero-order valence-corrected chi connectivity index (χ0v) is 22.4. The van der Waals surface area contributed by atoms with E-state index in [1.54, 1.807) is 53.9 Å². The molecule has 0 aliphatic heterocycles. The molecule has 0 fully saturated rings. The van der Waals surface area contributed by atoms with Crippen molar-refractivity contribution in [1.29, 1.82) is 0 Å². The zero-order valence-electron chi connectivity index (χ0n) is 20.1. The summed E-state index contributed by atoms with van der Waals surface area (Å²) in [5.74, 6) is 0.952. The Kier molecular flexibility index (Phi) is 8.26. The van der Waals surface area contributed by atoms with Crippen LogP contribution in [0.1, 0.15) is 26.5 Å². The van der Waals surface area contributed by atoms with Crippen LogP contribution >= 0.6 is 34.8 Å². The number of halogens is 3. The molecule has 10 heteroatoms. The molecule has 184 valence electrons. The number of rotatable bonds is 6. The Morgan fingerprint density at radius 3 is 2.29 bits per heavy atom. The zero-order chi connectivity index (χ0) is 25.9. The van der Waals surface area contributed by atoms with Crippen LogP contribution in [0.5, 0.6) is 0 Å². The Bertz CT molecular complexity index is 1280. The smallest absolute Gasteiger partial charge is 0.326 e. The van der Waals surface area contributed by atoms with E-state index in [0.717, 1.165) is 5.69 Å². The van der Waals surface area contributed by atoms with Crippen molar-refractivity contribution in [2.45, 2.75) is 26.4 Å². The maximum atomic E-state index is 12.5. The number of hydrogen-bond acceptors (Lipinski definition) is 5. The lowest BCUT2D eigenvalue weighted by molar-refractivity contribution is -0.154. The fraction of sp³-hybridized carbons (Fsp3) is 0.280. The van der Waals surface area contributed by atoms with E-state index in [2.05, 4.69) is 16.7 Å². The summed E-state index contributed by atoms with van der Waals surface area (Å²) in [5.41, 5.74) is 1.18. The summed E-state index contributed by atoms with van der Waals surface area (Å²) in [6, 6.07) is 12.4. The van der Waals surface area contributed by atoms with Crippen molar-refractivity contribution in [2.24, 2.45) is 9.98 Å². The normalized spacial score (nSPS) is 11.9. The van der Waals surface area contributed by atoms with E-state index in [-0.39, 0.29) is 6.54 Å². The topological polar surface area (TPSA) is 72.1 Å². The third kappa shape index (κ3) is 6.23. The molecular formula is C25H26Cl3N5O2. The van der Waals surface area contributed by atoms with Gasteiger partial charge < -0.3 is 9.64 Å². The van der Waals surface area contributed by atoms with E-state index in [0.29, 0.717) is 43.8 Å². The van der Waals surface area contributed by atoms with Crippen molar-refractivity contribution < 1.29 is 9.53 Å². The molecule has 1 aromatic heterocycles. The van der Waals surface area contributed by atoms with Crippen LogP contribution in [0, 0.1) is 0 Å². The fourth-order valence-electron chi connectivity index (χ4n) is 3.49. The molecule has 0 aliphatic rings. The Hall–Kier alpha value is -2.87. The van der Waals surface area contributed by atoms with Crippen LogP contribution in [-0.2, 0) is 9.53 Å². The van der Waals surface area contributed by atoms with Gasteiger partial charge in [0.05, 0.1) is 5.02 Å². The summed E-state index contributed by atoms with van der Waals surface area (Å²) < 4.78 is 7.27. The van der Waals surface area contributed by atoms with Gasteiger partial charge in [-0.2, -0.15) is 0 Å². The first kappa shape index (κ1) is 26.7. The van der Waals surface area contributed by atoms with Crippen molar-refractivity contribution in [2.75, 3.05) is 20.6 Å². The Labute approximate surface area is 220 Å². The molecule has 0 saturated heterocycles. The summed E-state index contributed by atoms with van der Waals surface area (Å²) in [6.07, 6.45) is 0. The molecule has 1 heterocycles. The first-order valence-corrected chi connectivity index (χ1v) is 11.8. The first-order chi connectivity index (χ1) is 16.4. The molecule has 0 atom stereocenters. The van der Waals surface area contributed by atoms with Crippen LogP contribution in [0.3, 0.4) is 0 Å². The van der Waals surface area contributed by atoms with Crippen molar-refractivity contribution in [3.63, 3.8) is 0 Å². The van der Waals surface area contributed by atoms with Crippen LogP contribution in [-0.4, -0.2) is 59.2 Å². The van der Waals surface area contributed by atoms with Gasteiger partial charge in [0, 0.05) is 35.4 Å². The second-order valence-corrected chi connectivity index (χ2v) is 9.97. The molecule has 0 unspecified atom stereocenters. The molecule has 7 nitrogen and oxygen atoms in total. The van der Waals surface area contributed by atoms with Gasteiger partial charge in [0.15, 0.2) is 17.3 Å². The number of carbonyl (C=O) groups excluding carboxylic acids is 1. The monoisotopic (exact) mass is 533 g/mol. The standard InChI is InChI=1S/C25H26Cl3N5O2/c1-25(2,3)35-20(34)14-32(6)23(29-4)21-24(30-5)33(17-10-7-15(26)8-11-17)22(31-21)18-12-9-16(27)13-19(18)28/h7-13H,5,14H2,1-4,6H3. The summed E-state index contributed by atoms with van der Waals surface area (Å²) in [7, 11) is 3.35. The quantitative estimate of drug-likeness (QED) is 0.206. The van der Waals surface area contributed by atoms with E-state index in [4.69, 9.17) is 44.5 Å². The van der Waals surface area contributed by atoms with E-state index >= 15 is 0 Å². The number of hydrogen-bond donors (Lipinski definition) is 0. The van der Waals surface area contributed by atoms with Gasteiger partial charge in [0.2, 0.25) is 0 Å². The summed E-state index contributed by atoms with van der Waals surface area (Å²) >= 11 is 18.8. The molecule has 35 heavy (non-hydrogen) atoms. The van der Waals surface area contributed by atoms with Gasteiger partial charge in [-0.1, -0.05) is 34.8 Å². The number of ether oxygens (including phenoxy) is 1. The lowest BCUT2D eigenvalue weighted by Crippen LogP contribution is -2.36. The minimum atomic E-state index is -0.607. The van der Waals surface area contributed by atoms with Gasteiger partial charge in [-0.15, -0.1) is 0 Å². The van der Waals surface area contributed by atoms with Gasteiger partial charge in [-0.25, -0.2) is 9.98 Å². The Balaban J connectivity index is 2.18. The van der Waals surface area contributed by atoms with E-state index in [1.807, 2.05) is 32.9 Å². The van der Waals surface area contributed by atoms with Crippen LogP contribution in [0.2, 0.25) is 15.1 Å². The van der Waals surface area contributed by atoms with Crippen molar-refractivity contribution in [3.8, 4) is 17.1 Å². The minimum Gasteiger partial charge on any atom is -0.459 e. The molecule has 0 amide bonds. The summed E-state index contributed by atoms with van der Waals surface area (Å²) in [4.78, 5) is 27.7. The number of aromatic nitrogens is 2. The number of likely N-dealkylation sites (N-methyl/N-ethyl adjacent to an activating group) is 1. The van der Waals surface area contributed by atoms with Gasteiger partial charge in [0.25, 0.3) is 0 Å².